The topological polar surface area (TPSA) is 52.9 Å². The smallest absolute Gasteiger partial charge is 0.326 e. The van der Waals surface area contributed by atoms with Gasteiger partial charge in [0.2, 0.25) is 0 Å². The van der Waals surface area contributed by atoms with Gasteiger partial charge in [0.05, 0.1) is 6.54 Å². The zero-order valence-corrected chi connectivity index (χ0v) is 9.26. The van der Waals surface area contributed by atoms with Gasteiger partial charge in [-0.1, -0.05) is 24.3 Å². The van der Waals surface area contributed by atoms with Crippen LogP contribution in [0.25, 0.3) is 0 Å². The standard InChI is InChI=1S/C12H15N3O/c1-14-5-6-15(12(14)16)9-11-4-2-3-10(7-11)8-13/h2-7H,8-9,13H2,1H3. The highest BCUT2D eigenvalue weighted by atomic mass is 16.1. The molecule has 2 N–H and O–H groups in total. The predicted molar refractivity (Wildman–Crippen MR) is 63.1 cm³/mol. The molecule has 0 unspecified atom stereocenters. The van der Waals surface area contributed by atoms with E-state index < -0.39 is 0 Å². The van der Waals surface area contributed by atoms with Gasteiger partial charge in [0.1, 0.15) is 0 Å². The van der Waals surface area contributed by atoms with E-state index >= 15 is 0 Å². The lowest BCUT2D eigenvalue weighted by Crippen LogP contribution is -2.22. The molecule has 4 nitrogen and oxygen atoms in total. The minimum atomic E-state index is -0.00171. The summed E-state index contributed by atoms with van der Waals surface area (Å²) in [6, 6.07) is 7.97. The molecule has 2 rings (SSSR count). The Kier molecular flexibility index (Phi) is 2.92. The molecule has 0 bridgehead atoms. The van der Waals surface area contributed by atoms with Gasteiger partial charge in [-0.25, -0.2) is 4.79 Å². The van der Waals surface area contributed by atoms with E-state index in [4.69, 9.17) is 5.73 Å². The molecule has 1 heterocycles. The Labute approximate surface area is 93.9 Å². The van der Waals surface area contributed by atoms with Crippen LogP contribution >= 0.6 is 0 Å². The third-order valence-electron chi connectivity index (χ3n) is 2.60. The Morgan fingerprint density at radius 3 is 2.62 bits per heavy atom. The fraction of sp³-hybridized carbons (Fsp3) is 0.250. The van der Waals surface area contributed by atoms with Crippen molar-refractivity contribution in [1.82, 2.24) is 9.13 Å². The maximum absolute atomic E-state index is 11.6. The SMILES string of the molecule is Cn1ccn(Cc2cccc(CN)c2)c1=O. The Bertz CT molecular complexity index is 539. The molecule has 1 aromatic carbocycles. The Hall–Kier alpha value is -1.81. The molecule has 0 radical (unpaired) electrons. The molecule has 0 aliphatic rings. The summed E-state index contributed by atoms with van der Waals surface area (Å²) >= 11 is 0. The van der Waals surface area contributed by atoms with Crippen molar-refractivity contribution in [2.24, 2.45) is 12.8 Å². The highest BCUT2D eigenvalue weighted by molar-refractivity contribution is 5.23. The number of aryl methyl sites for hydroxylation is 1. The van der Waals surface area contributed by atoms with Crippen LogP contribution in [0.4, 0.5) is 0 Å². The molecular weight excluding hydrogens is 202 g/mol. The van der Waals surface area contributed by atoms with Gasteiger partial charge < -0.3 is 10.3 Å². The van der Waals surface area contributed by atoms with Crippen molar-refractivity contribution in [2.45, 2.75) is 13.1 Å². The van der Waals surface area contributed by atoms with Crippen LogP contribution in [0, 0.1) is 0 Å². The average Bonchev–Trinajstić information content (AvgIpc) is 2.61. The summed E-state index contributed by atoms with van der Waals surface area (Å²) in [5.74, 6) is 0. The minimum Gasteiger partial charge on any atom is -0.326 e. The summed E-state index contributed by atoms with van der Waals surface area (Å²) < 4.78 is 3.24. The van der Waals surface area contributed by atoms with E-state index in [9.17, 15) is 4.79 Å². The van der Waals surface area contributed by atoms with Gasteiger partial charge in [0, 0.05) is 26.0 Å². The van der Waals surface area contributed by atoms with Gasteiger partial charge >= 0.3 is 5.69 Å². The monoisotopic (exact) mass is 217 g/mol. The number of aromatic nitrogens is 2. The molecule has 16 heavy (non-hydrogen) atoms. The van der Waals surface area contributed by atoms with Crippen LogP contribution in [0.2, 0.25) is 0 Å². The quantitative estimate of drug-likeness (QED) is 0.822. The van der Waals surface area contributed by atoms with Crippen molar-refractivity contribution < 1.29 is 0 Å². The van der Waals surface area contributed by atoms with E-state index in [-0.39, 0.29) is 5.69 Å². The first kappa shape index (κ1) is 10.7. The predicted octanol–water partition coefficient (Wildman–Crippen LogP) is 0.694. The van der Waals surface area contributed by atoms with E-state index in [1.165, 1.54) is 0 Å². The van der Waals surface area contributed by atoms with Crippen LogP contribution in [-0.4, -0.2) is 9.13 Å². The molecule has 0 saturated carbocycles. The molecule has 0 atom stereocenters. The zero-order valence-electron chi connectivity index (χ0n) is 9.26. The second-order valence-corrected chi connectivity index (χ2v) is 3.84. The summed E-state index contributed by atoms with van der Waals surface area (Å²) in [4.78, 5) is 11.6. The van der Waals surface area contributed by atoms with E-state index in [0.29, 0.717) is 13.1 Å². The van der Waals surface area contributed by atoms with Crippen molar-refractivity contribution in [3.63, 3.8) is 0 Å². The zero-order chi connectivity index (χ0) is 11.5. The minimum absolute atomic E-state index is 0.00171. The number of nitrogens with zero attached hydrogens (tertiary/aromatic N) is 2. The molecule has 2 aromatic rings. The molecule has 84 valence electrons. The van der Waals surface area contributed by atoms with Crippen molar-refractivity contribution >= 4 is 0 Å². The average molecular weight is 217 g/mol. The highest BCUT2D eigenvalue weighted by Gasteiger charge is 2.01. The second-order valence-electron chi connectivity index (χ2n) is 3.84. The first-order valence-electron chi connectivity index (χ1n) is 5.20. The Balaban J connectivity index is 2.27. The van der Waals surface area contributed by atoms with Crippen LogP contribution < -0.4 is 11.4 Å². The lowest BCUT2D eigenvalue weighted by molar-refractivity contribution is 0.717. The van der Waals surface area contributed by atoms with E-state index in [1.54, 1.807) is 28.6 Å². The molecule has 4 heteroatoms. The van der Waals surface area contributed by atoms with Gasteiger partial charge in [0.25, 0.3) is 0 Å². The molecule has 0 fully saturated rings. The third-order valence-corrected chi connectivity index (χ3v) is 2.60. The summed E-state index contributed by atoms with van der Waals surface area (Å²) in [5, 5.41) is 0. The van der Waals surface area contributed by atoms with Gasteiger partial charge in [0.15, 0.2) is 0 Å². The summed E-state index contributed by atoms with van der Waals surface area (Å²) in [5.41, 5.74) is 7.75. The summed E-state index contributed by atoms with van der Waals surface area (Å²) in [6.07, 6.45) is 3.55. The first-order valence-corrected chi connectivity index (χ1v) is 5.20. The number of rotatable bonds is 3. The Morgan fingerprint density at radius 2 is 2.00 bits per heavy atom. The molecule has 1 aromatic heterocycles. The largest absolute Gasteiger partial charge is 0.328 e. The maximum atomic E-state index is 11.6. The van der Waals surface area contributed by atoms with Gasteiger partial charge in [-0.2, -0.15) is 0 Å². The van der Waals surface area contributed by atoms with Gasteiger partial charge in [-0.05, 0) is 11.1 Å². The fourth-order valence-electron chi connectivity index (χ4n) is 1.68. The number of nitrogens with two attached hydrogens (primary N) is 1. The van der Waals surface area contributed by atoms with E-state index in [1.807, 2.05) is 24.3 Å². The molecule has 0 amide bonds. The Morgan fingerprint density at radius 1 is 1.25 bits per heavy atom. The molecular formula is C12H15N3O. The van der Waals surface area contributed by atoms with Crippen LogP contribution in [0.1, 0.15) is 11.1 Å². The van der Waals surface area contributed by atoms with Crippen molar-refractivity contribution in [3.05, 3.63) is 58.3 Å². The highest BCUT2D eigenvalue weighted by Crippen LogP contribution is 2.05. The number of hydrogen-bond donors (Lipinski definition) is 1. The molecule has 0 spiro atoms. The lowest BCUT2D eigenvalue weighted by Gasteiger charge is -2.04. The lowest BCUT2D eigenvalue weighted by atomic mass is 10.1. The number of benzene rings is 1. The number of imidazole rings is 1. The van der Waals surface area contributed by atoms with Gasteiger partial charge in [-0.15, -0.1) is 0 Å². The van der Waals surface area contributed by atoms with Crippen molar-refractivity contribution in [3.8, 4) is 0 Å². The van der Waals surface area contributed by atoms with E-state index in [0.717, 1.165) is 11.1 Å². The normalized spacial score (nSPS) is 10.6. The van der Waals surface area contributed by atoms with Crippen LogP contribution in [0.5, 0.6) is 0 Å². The van der Waals surface area contributed by atoms with E-state index in [2.05, 4.69) is 0 Å². The second kappa shape index (κ2) is 4.37. The van der Waals surface area contributed by atoms with Crippen molar-refractivity contribution in [2.75, 3.05) is 0 Å². The summed E-state index contributed by atoms with van der Waals surface area (Å²) in [7, 11) is 1.75. The summed E-state index contributed by atoms with van der Waals surface area (Å²) in [6.45, 7) is 1.12. The molecule has 0 aliphatic heterocycles. The molecule has 0 saturated heterocycles. The fourth-order valence-corrected chi connectivity index (χ4v) is 1.68. The third kappa shape index (κ3) is 2.06. The number of hydrogen-bond acceptors (Lipinski definition) is 2. The van der Waals surface area contributed by atoms with Gasteiger partial charge in [-0.3, -0.25) is 4.57 Å². The first-order chi connectivity index (χ1) is 7.70. The van der Waals surface area contributed by atoms with Crippen LogP contribution in [-0.2, 0) is 20.1 Å². The van der Waals surface area contributed by atoms with Crippen molar-refractivity contribution in [1.29, 1.82) is 0 Å². The van der Waals surface area contributed by atoms with Crippen LogP contribution in [0.3, 0.4) is 0 Å². The maximum Gasteiger partial charge on any atom is 0.328 e. The molecule has 0 aliphatic carbocycles. The van der Waals surface area contributed by atoms with Crippen LogP contribution in [0.15, 0.2) is 41.5 Å².